The van der Waals surface area contributed by atoms with Crippen molar-refractivity contribution in [3.63, 3.8) is 0 Å². The predicted molar refractivity (Wildman–Crippen MR) is 85.9 cm³/mol. The zero-order valence-corrected chi connectivity index (χ0v) is 14.3. The van der Waals surface area contributed by atoms with Crippen molar-refractivity contribution in [2.24, 2.45) is 0 Å². The van der Waals surface area contributed by atoms with E-state index in [1.165, 1.54) is 19.3 Å². The maximum atomic E-state index is 10.2. The fourth-order valence-electron chi connectivity index (χ4n) is 1.67. The van der Waals surface area contributed by atoms with E-state index in [1.54, 1.807) is 0 Å². The van der Waals surface area contributed by atoms with Crippen molar-refractivity contribution in [2.75, 3.05) is 66.1 Å². The van der Waals surface area contributed by atoms with Crippen LogP contribution >= 0.6 is 0 Å². The van der Waals surface area contributed by atoms with Gasteiger partial charge in [-0.05, 0) is 6.42 Å². The number of carbonyl (C=O) groups is 1. The lowest BCUT2D eigenvalue weighted by atomic mass is 10.2. The first-order valence-electron chi connectivity index (χ1n) is 8.38. The van der Waals surface area contributed by atoms with E-state index in [4.69, 9.17) is 28.8 Å². The van der Waals surface area contributed by atoms with E-state index in [-0.39, 0.29) is 13.2 Å². The molecule has 23 heavy (non-hydrogen) atoms. The Bertz CT molecular complexity index is 249. The molecule has 0 unspecified atom stereocenters. The van der Waals surface area contributed by atoms with Crippen molar-refractivity contribution in [1.82, 2.24) is 0 Å². The quantitative estimate of drug-likeness (QED) is 0.360. The minimum atomic E-state index is -0.977. The van der Waals surface area contributed by atoms with Gasteiger partial charge in [-0.3, -0.25) is 0 Å². The van der Waals surface area contributed by atoms with Gasteiger partial charge in [0, 0.05) is 6.61 Å². The second-order valence-corrected chi connectivity index (χ2v) is 4.96. The molecular weight excluding hydrogens is 304 g/mol. The van der Waals surface area contributed by atoms with Crippen molar-refractivity contribution >= 4 is 5.97 Å². The normalized spacial score (nSPS) is 11.0. The van der Waals surface area contributed by atoms with Crippen LogP contribution in [-0.4, -0.2) is 77.1 Å². The molecule has 0 aliphatic carbocycles. The fourth-order valence-corrected chi connectivity index (χ4v) is 1.67. The van der Waals surface area contributed by atoms with Crippen LogP contribution in [0.4, 0.5) is 0 Å². The van der Waals surface area contributed by atoms with Crippen LogP contribution in [0.2, 0.25) is 0 Å². The van der Waals surface area contributed by atoms with Gasteiger partial charge in [-0.1, -0.05) is 26.2 Å². The highest BCUT2D eigenvalue weighted by Crippen LogP contribution is 1.98. The second kappa shape index (κ2) is 19.3. The maximum Gasteiger partial charge on any atom is 0.329 e. The Morgan fingerprint density at radius 3 is 1.52 bits per heavy atom. The zero-order chi connectivity index (χ0) is 17.0. The molecule has 0 rings (SSSR count). The molecule has 7 nitrogen and oxygen atoms in total. The summed E-state index contributed by atoms with van der Waals surface area (Å²) in [5.41, 5.74) is 0. The van der Waals surface area contributed by atoms with Gasteiger partial charge in [-0.15, -0.1) is 0 Å². The maximum absolute atomic E-state index is 10.2. The lowest BCUT2D eigenvalue weighted by Gasteiger charge is -2.07. The number of carboxylic acids is 1. The molecule has 0 aliphatic heterocycles. The standard InChI is InChI=1S/C16H32O7/c1-2-3-4-5-6-19-7-8-20-9-10-21-11-12-22-13-14-23-15-16(17)18/h2-15H2,1H3,(H,17,18). The molecule has 0 atom stereocenters. The number of unbranched alkanes of at least 4 members (excludes halogenated alkanes) is 3. The summed E-state index contributed by atoms with van der Waals surface area (Å²) >= 11 is 0. The third kappa shape index (κ3) is 21.3. The van der Waals surface area contributed by atoms with Crippen molar-refractivity contribution in [3.8, 4) is 0 Å². The van der Waals surface area contributed by atoms with E-state index in [0.29, 0.717) is 46.2 Å². The summed E-state index contributed by atoms with van der Waals surface area (Å²) < 4.78 is 26.2. The van der Waals surface area contributed by atoms with Crippen LogP contribution < -0.4 is 0 Å². The first-order chi connectivity index (χ1) is 11.3. The van der Waals surface area contributed by atoms with Crippen LogP contribution in [0.15, 0.2) is 0 Å². The fraction of sp³-hybridized carbons (Fsp3) is 0.938. The number of carboxylic acid groups (broad SMARTS) is 1. The topological polar surface area (TPSA) is 83.5 Å². The van der Waals surface area contributed by atoms with Gasteiger partial charge >= 0.3 is 5.97 Å². The molecule has 0 bridgehead atoms. The Morgan fingerprint density at radius 1 is 0.652 bits per heavy atom. The molecule has 0 spiro atoms. The predicted octanol–water partition coefficient (Wildman–Crippen LogP) is 1.73. The smallest absolute Gasteiger partial charge is 0.329 e. The first kappa shape index (κ1) is 22.3. The van der Waals surface area contributed by atoms with Crippen LogP contribution in [0, 0.1) is 0 Å². The molecule has 7 heteroatoms. The third-order valence-electron chi connectivity index (χ3n) is 2.86. The van der Waals surface area contributed by atoms with Crippen molar-refractivity contribution in [1.29, 1.82) is 0 Å². The van der Waals surface area contributed by atoms with Gasteiger partial charge in [0.2, 0.25) is 0 Å². The monoisotopic (exact) mass is 336 g/mol. The van der Waals surface area contributed by atoms with E-state index >= 15 is 0 Å². The molecule has 0 aromatic carbocycles. The minimum Gasteiger partial charge on any atom is -0.480 e. The Kier molecular flexibility index (Phi) is 18.7. The summed E-state index contributed by atoms with van der Waals surface area (Å²) in [6.07, 6.45) is 4.88. The molecule has 0 radical (unpaired) electrons. The number of hydrogen-bond donors (Lipinski definition) is 1. The molecule has 0 aromatic rings. The zero-order valence-electron chi connectivity index (χ0n) is 14.3. The summed E-state index contributed by atoms with van der Waals surface area (Å²) in [5, 5.41) is 8.34. The lowest BCUT2D eigenvalue weighted by Crippen LogP contribution is -2.14. The highest BCUT2D eigenvalue weighted by atomic mass is 16.6. The van der Waals surface area contributed by atoms with Crippen LogP contribution in [0.5, 0.6) is 0 Å². The first-order valence-corrected chi connectivity index (χ1v) is 8.38. The molecular formula is C16H32O7. The molecule has 0 heterocycles. The summed E-state index contributed by atoms with van der Waals surface area (Å²) in [7, 11) is 0. The Hall–Kier alpha value is -0.730. The average molecular weight is 336 g/mol. The highest BCUT2D eigenvalue weighted by Gasteiger charge is 1.96. The van der Waals surface area contributed by atoms with Crippen LogP contribution in [0.25, 0.3) is 0 Å². The van der Waals surface area contributed by atoms with E-state index in [9.17, 15) is 4.79 Å². The Labute approximate surface area is 139 Å². The second-order valence-electron chi connectivity index (χ2n) is 4.96. The molecule has 0 fully saturated rings. The van der Waals surface area contributed by atoms with Gasteiger partial charge in [0.15, 0.2) is 0 Å². The largest absolute Gasteiger partial charge is 0.480 e. The molecule has 0 aromatic heterocycles. The number of hydrogen-bond acceptors (Lipinski definition) is 6. The van der Waals surface area contributed by atoms with E-state index in [1.807, 2.05) is 0 Å². The number of aliphatic carboxylic acids is 1. The van der Waals surface area contributed by atoms with Gasteiger partial charge in [0.05, 0.1) is 52.9 Å². The minimum absolute atomic E-state index is 0.272. The Morgan fingerprint density at radius 2 is 1.09 bits per heavy atom. The van der Waals surface area contributed by atoms with Gasteiger partial charge in [0.25, 0.3) is 0 Å². The molecule has 0 saturated heterocycles. The number of rotatable bonds is 19. The lowest BCUT2D eigenvalue weighted by molar-refractivity contribution is -0.142. The van der Waals surface area contributed by atoms with Crippen LogP contribution in [0.3, 0.4) is 0 Å². The van der Waals surface area contributed by atoms with Gasteiger partial charge < -0.3 is 28.8 Å². The molecule has 138 valence electrons. The van der Waals surface area contributed by atoms with E-state index in [0.717, 1.165) is 13.0 Å². The highest BCUT2D eigenvalue weighted by molar-refractivity contribution is 5.67. The Balaban J connectivity index is 2.96. The van der Waals surface area contributed by atoms with Crippen LogP contribution in [-0.2, 0) is 28.5 Å². The van der Waals surface area contributed by atoms with Gasteiger partial charge in [0.1, 0.15) is 6.61 Å². The van der Waals surface area contributed by atoms with Crippen LogP contribution in [0.1, 0.15) is 32.6 Å². The van der Waals surface area contributed by atoms with Crippen molar-refractivity contribution < 1.29 is 33.6 Å². The van der Waals surface area contributed by atoms with Gasteiger partial charge in [-0.25, -0.2) is 4.79 Å². The summed E-state index contributed by atoms with van der Waals surface area (Å²) in [6.45, 7) is 6.58. The van der Waals surface area contributed by atoms with Crippen molar-refractivity contribution in [3.05, 3.63) is 0 Å². The van der Waals surface area contributed by atoms with E-state index < -0.39 is 5.97 Å². The third-order valence-corrected chi connectivity index (χ3v) is 2.86. The van der Waals surface area contributed by atoms with Crippen molar-refractivity contribution in [2.45, 2.75) is 32.6 Å². The molecule has 0 amide bonds. The molecule has 1 N–H and O–H groups in total. The summed E-state index contributed by atoms with van der Waals surface area (Å²) in [6, 6.07) is 0. The summed E-state index contributed by atoms with van der Waals surface area (Å²) in [5.74, 6) is -0.977. The molecule has 0 saturated carbocycles. The average Bonchev–Trinajstić information content (AvgIpc) is 2.53. The van der Waals surface area contributed by atoms with E-state index in [2.05, 4.69) is 6.92 Å². The van der Waals surface area contributed by atoms with Gasteiger partial charge in [-0.2, -0.15) is 0 Å². The summed E-state index contributed by atoms with van der Waals surface area (Å²) in [4.78, 5) is 10.2. The number of ether oxygens (including phenoxy) is 5. The SMILES string of the molecule is CCCCCCOCCOCCOCCOCCOCC(=O)O. The molecule has 0 aliphatic rings.